The van der Waals surface area contributed by atoms with E-state index in [1.807, 2.05) is 0 Å². The largest absolute Gasteiger partial charge is 0.357 e. The molecule has 3 nitrogen and oxygen atoms in total. The van der Waals surface area contributed by atoms with Crippen molar-refractivity contribution in [1.29, 1.82) is 0 Å². The van der Waals surface area contributed by atoms with Crippen molar-refractivity contribution in [3.05, 3.63) is 23.9 Å². The summed E-state index contributed by atoms with van der Waals surface area (Å²) in [4.78, 5) is 6.94. The molecule has 0 aliphatic heterocycles. The number of hydrogen-bond donors (Lipinski definition) is 1. The maximum atomic E-state index is 4.68. The van der Waals surface area contributed by atoms with Crippen molar-refractivity contribution in [3.8, 4) is 0 Å². The molecule has 0 unspecified atom stereocenters. The van der Waals surface area contributed by atoms with E-state index in [1.165, 1.54) is 0 Å². The maximum absolute atomic E-state index is 4.68. The molecule has 17 heavy (non-hydrogen) atoms. The molecule has 1 rings (SSSR count). The predicted octanol–water partition coefficient (Wildman–Crippen LogP) is 2.67. The van der Waals surface area contributed by atoms with E-state index < -0.39 is 0 Å². The quantitative estimate of drug-likeness (QED) is 0.787. The Hall–Kier alpha value is -1.09. The van der Waals surface area contributed by atoms with Crippen molar-refractivity contribution in [2.45, 2.75) is 34.2 Å². The molecule has 0 fully saturated rings. The average Bonchev–Trinajstić information content (AvgIpc) is 2.31. The minimum Gasteiger partial charge on any atom is -0.357 e. The molecule has 0 aromatic carbocycles. The Kier molecular flexibility index (Phi) is 5.98. The number of nitrogens with one attached hydrogen (secondary N) is 1. The van der Waals surface area contributed by atoms with E-state index in [0.717, 1.165) is 37.7 Å². The van der Waals surface area contributed by atoms with Gasteiger partial charge in [-0.1, -0.05) is 19.9 Å². The van der Waals surface area contributed by atoms with E-state index in [0.29, 0.717) is 5.92 Å². The monoisotopic (exact) mass is 235 g/mol. The zero-order chi connectivity index (χ0) is 12.7. The highest BCUT2D eigenvalue weighted by molar-refractivity contribution is 5.38. The Morgan fingerprint density at radius 1 is 1.24 bits per heavy atom. The molecule has 0 bridgehead atoms. The Labute approximate surface area is 105 Å². The van der Waals surface area contributed by atoms with Gasteiger partial charge in [0, 0.05) is 19.6 Å². The summed E-state index contributed by atoms with van der Waals surface area (Å²) in [6.07, 6.45) is 0. The van der Waals surface area contributed by atoms with Gasteiger partial charge in [0.05, 0.1) is 5.69 Å². The molecule has 1 aromatic heterocycles. The fraction of sp³-hybridized carbons (Fsp3) is 0.643. The molecule has 0 saturated heterocycles. The second kappa shape index (κ2) is 7.28. The lowest BCUT2D eigenvalue weighted by molar-refractivity contribution is 0.548. The van der Waals surface area contributed by atoms with Crippen LogP contribution in [0.5, 0.6) is 0 Å². The number of hydrogen-bond acceptors (Lipinski definition) is 3. The Bertz CT molecular complexity index is 319. The zero-order valence-electron chi connectivity index (χ0n) is 11.5. The van der Waals surface area contributed by atoms with E-state index in [-0.39, 0.29) is 0 Å². The second-order valence-corrected chi connectivity index (χ2v) is 4.68. The minimum absolute atomic E-state index is 0.681. The van der Waals surface area contributed by atoms with Crippen LogP contribution in [0.4, 0.5) is 5.82 Å². The summed E-state index contributed by atoms with van der Waals surface area (Å²) in [6.45, 7) is 12.7. The number of nitrogens with zero attached hydrogens (tertiary/aromatic N) is 2. The third kappa shape index (κ3) is 4.73. The number of pyridine rings is 1. The molecule has 0 aliphatic rings. The van der Waals surface area contributed by atoms with E-state index in [2.05, 4.69) is 61.1 Å². The van der Waals surface area contributed by atoms with Crippen LogP contribution in [0.1, 0.15) is 33.4 Å². The molecule has 0 amide bonds. The summed E-state index contributed by atoms with van der Waals surface area (Å²) >= 11 is 0. The van der Waals surface area contributed by atoms with Gasteiger partial charge >= 0.3 is 0 Å². The van der Waals surface area contributed by atoms with Crippen molar-refractivity contribution in [2.75, 3.05) is 24.5 Å². The van der Waals surface area contributed by atoms with E-state index in [4.69, 9.17) is 0 Å². The molecule has 0 atom stereocenters. The summed E-state index contributed by atoms with van der Waals surface area (Å²) in [5.41, 5.74) is 1.12. The number of anilines is 1. The van der Waals surface area contributed by atoms with Crippen LogP contribution in [-0.4, -0.2) is 24.6 Å². The van der Waals surface area contributed by atoms with Crippen LogP contribution < -0.4 is 10.2 Å². The Morgan fingerprint density at radius 2 is 1.94 bits per heavy atom. The molecule has 0 saturated carbocycles. The molecule has 96 valence electrons. The number of aromatic nitrogens is 1. The fourth-order valence-electron chi connectivity index (χ4n) is 1.78. The van der Waals surface area contributed by atoms with Gasteiger partial charge in [0.2, 0.25) is 0 Å². The van der Waals surface area contributed by atoms with Crippen LogP contribution >= 0.6 is 0 Å². The van der Waals surface area contributed by atoms with Gasteiger partial charge in [0.1, 0.15) is 5.82 Å². The van der Waals surface area contributed by atoms with E-state index in [1.54, 1.807) is 0 Å². The van der Waals surface area contributed by atoms with Crippen LogP contribution in [-0.2, 0) is 6.54 Å². The van der Waals surface area contributed by atoms with Gasteiger partial charge in [-0.25, -0.2) is 4.98 Å². The van der Waals surface area contributed by atoms with E-state index >= 15 is 0 Å². The lowest BCUT2D eigenvalue weighted by Gasteiger charge is -2.20. The minimum atomic E-state index is 0.681. The summed E-state index contributed by atoms with van der Waals surface area (Å²) in [5, 5.41) is 3.42. The van der Waals surface area contributed by atoms with Gasteiger partial charge in [-0.15, -0.1) is 0 Å². The van der Waals surface area contributed by atoms with E-state index in [9.17, 15) is 0 Å². The van der Waals surface area contributed by atoms with Crippen LogP contribution in [0.15, 0.2) is 18.2 Å². The summed E-state index contributed by atoms with van der Waals surface area (Å²) in [7, 11) is 0. The highest BCUT2D eigenvalue weighted by Crippen LogP contribution is 2.10. The van der Waals surface area contributed by atoms with Crippen molar-refractivity contribution in [1.82, 2.24) is 10.3 Å². The summed E-state index contributed by atoms with van der Waals surface area (Å²) in [5.74, 6) is 1.76. The summed E-state index contributed by atoms with van der Waals surface area (Å²) < 4.78 is 0. The molecular weight excluding hydrogens is 210 g/mol. The first kappa shape index (κ1) is 14.0. The van der Waals surface area contributed by atoms with Crippen LogP contribution in [0.3, 0.4) is 0 Å². The third-order valence-corrected chi connectivity index (χ3v) is 2.74. The smallest absolute Gasteiger partial charge is 0.128 e. The van der Waals surface area contributed by atoms with Gasteiger partial charge in [-0.2, -0.15) is 0 Å². The first-order valence-corrected chi connectivity index (χ1v) is 6.59. The van der Waals surface area contributed by atoms with Gasteiger partial charge in [-0.05, 0) is 38.4 Å². The molecular formula is C14H25N3. The fourth-order valence-corrected chi connectivity index (χ4v) is 1.78. The average molecular weight is 235 g/mol. The molecule has 1 heterocycles. The molecule has 1 N–H and O–H groups in total. The molecule has 0 aliphatic carbocycles. The topological polar surface area (TPSA) is 28.2 Å². The van der Waals surface area contributed by atoms with Crippen molar-refractivity contribution in [2.24, 2.45) is 5.92 Å². The van der Waals surface area contributed by atoms with Gasteiger partial charge < -0.3 is 10.2 Å². The van der Waals surface area contributed by atoms with Crippen LogP contribution in [0.25, 0.3) is 0 Å². The second-order valence-electron chi connectivity index (χ2n) is 4.68. The highest BCUT2D eigenvalue weighted by Gasteiger charge is 2.04. The first-order chi connectivity index (χ1) is 8.17. The van der Waals surface area contributed by atoms with Crippen molar-refractivity contribution >= 4 is 5.82 Å². The highest BCUT2D eigenvalue weighted by atomic mass is 15.2. The van der Waals surface area contributed by atoms with Crippen molar-refractivity contribution in [3.63, 3.8) is 0 Å². The lowest BCUT2D eigenvalue weighted by Crippen LogP contribution is -2.24. The van der Waals surface area contributed by atoms with Crippen molar-refractivity contribution < 1.29 is 0 Å². The zero-order valence-corrected chi connectivity index (χ0v) is 11.5. The molecule has 0 radical (unpaired) electrons. The summed E-state index contributed by atoms with van der Waals surface area (Å²) in [6, 6.07) is 6.26. The lowest BCUT2D eigenvalue weighted by atomic mass is 10.2. The molecule has 3 heteroatoms. The number of rotatable bonds is 7. The van der Waals surface area contributed by atoms with Gasteiger partial charge in [-0.3, -0.25) is 0 Å². The van der Waals surface area contributed by atoms with Gasteiger partial charge in [0.15, 0.2) is 0 Å². The normalized spacial score (nSPS) is 10.9. The van der Waals surface area contributed by atoms with Gasteiger partial charge in [0.25, 0.3) is 0 Å². The standard InChI is InChI=1S/C14H25N3/c1-5-17(6-2)14-9-7-8-13(16-14)11-15-10-12(3)4/h7-9,12,15H,5-6,10-11H2,1-4H3. The molecule has 1 aromatic rings. The Balaban J connectivity index is 2.59. The molecule has 0 spiro atoms. The predicted molar refractivity (Wildman–Crippen MR) is 74.3 cm³/mol. The SMILES string of the molecule is CCN(CC)c1cccc(CNCC(C)C)n1. The maximum Gasteiger partial charge on any atom is 0.128 e. The van der Waals surface area contributed by atoms with Crippen LogP contribution in [0, 0.1) is 5.92 Å². The Morgan fingerprint density at radius 3 is 2.53 bits per heavy atom. The third-order valence-electron chi connectivity index (χ3n) is 2.74. The first-order valence-electron chi connectivity index (χ1n) is 6.59. The van der Waals surface area contributed by atoms with Crippen LogP contribution in [0.2, 0.25) is 0 Å².